The standard InChI is InChI=1S/C19H23NO2S2/c21-16-11-15-13-4-2-1-3-12(13)7-8-20(15)14-5-6-17(24-10-9-23)19(22)18(14)16/h1-4,14-15,17-18,23H,5-11H2. The SMILES string of the molecule is O=C1CC2c3ccccc3CCN2C2CCC(SCCS)C(=O)C12. The van der Waals surface area contributed by atoms with E-state index in [1.54, 1.807) is 11.8 Å². The van der Waals surface area contributed by atoms with Crippen LogP contribution in [0.4, 0.5) is 0 Å². The highest BCUT2D eigenvalue weighted by Crippen LogP contribution is 2.45. The maximum absolute atomic E-state index is 12.9. The summed E-state index contributed by atoms with van der Waals surface area (Å²) < 4.78 is 0. The Morgan fingerprint density at radius 1 is 1.21 bits per heavy atom. The molecule has 4 unspecified atom stereocenters. The lowest BCUT2D eigenvalue weighted by atomic mass is 9.71. The van der Waals surface area contributed by atoms with Crippen molar-refractivity contribution in [1.29, 1.82) is 0 Å². The summed E-state index contributed by atoms with van der Waals surface area (Å²) in [5, 5.41) is -0.00373. The fraction of sp³-hybridized carbons (Fsp3) is 0.579. The minimum Gasteiger partial charge on any atom is -0.299 e. The van der Waals surface area contributed by atoms with Gasteiger partial charge in [-0.05, 0) is 36.1 Å². The first-order valence-corrected chi connectivity index (χ1v) is 10.5. The number of fused-ring (bicyclic) bond motifs is 5. The summed E-state index contributed by atoms with van der Waals surface area (Å²) >= 11 is 5.93. The summed E-state index contributed by atoms with van der Waals surface area (Å²) in [5.41, 5.74) is 2.67. The maximum atomic E-state index is 12.9. The van der Waals surface area contributed by atoms with E-state index in [1.165, 1.54) is 11.1 Å². The predicted octanol–water partition coefficient (Wildman–Crippen LogP) is 2.94. The molecule has 0 aromatic heterocycles. The predicted molar refractivity (Wildman–Crippen MR) is 101 cm³/mol. The Labute approximate surface area is 153 Å². The molecule has 0 bridgehead atoms. The highest BCUT2D eigenvalue weighted by atomic mass is 32.2. The lowest BCUT2D eigenvalue weighted by molar-refractivity contribution is -0.144. The molecule has 3 nitrogen and oxygen atoms in total. The van der Waals surface area contributed by atoms with Gasteiger partial charge in [0.25, 0.3) is 0 Å². The molecule has 2 heterocycles. The van der Waals surface area contributed by atoms with Crippen LogP contribution in [0.1, 0.15) is 36.4 Å². The van der Waals surface area contributed by atoms with E-state index < -0.39 is 5.92 Å². The molecule has 0 radical (unpaired) electrons. The van der Waals surface area contributed by atoms with Gasteiger partial charge in [0.2, 0.25) is 0 Å². The number of hydrogen-bond donors (Lipinski definition) is 1. The van der Waals surface area contributed by atoms with Crippen LogP contribution in [0.25, 0.3) is 0 Å². The summed E-state index contributed by atoms with van der Waals surface area (Å²) in [6.45, 7) is 0.970. The molecule has 0 N–H and O–H groups in total. The number of ketones is 2. The summed E-state index contributed by atoms with van der Waals surface area (Å²) in [4.78, 5) is 28.2. The zero-order valence-electron chi connectivity index (χ0n) is 13.7. The summed E-state index contributed by atoms with van der Waals surface area (Å²) in [7, 11) is 0. The van der Waals surface area contributed by atoms with Gasteiger partial charge in [-0.25, -0.2) is 0 Å². The van der Waals surface area contributed by atoms with Crippen molar-refractivity contribution in [2.24, 2.45) is 5.92 Å². The number of piperidine rings is 1. The second kappa shape index (κ2) is 6.85. The Balaban J connectivity index is 1.60. The topological polar surface area (TPSA) is 37.4 Å². The zero-order valence-corrected chi connectivity index (χ0v) is 15.4. The molecule has 1 saturated carbocycles. The molecule has 1 aromatic carbocycles. The van der Waals surface area contributed by atoms with Crippen molar-refractivity contribution in [3.05, 3.63) is 35.4 Å². The third kappa shape index (κ3) is 2.74. The largest absolute Gasteiger partial charge is 0.299 e. The normalized spacial score (nSPS) is 32.9. The Morgan fingerprint density at radius 3 is 2.88 bits per heavy atom. The van der Waals surface area contributed by atoms with Gasteiger partial charge in [-0.3, -0.25) is 14.5 Å². The van der Waals surface area contributed by atoms with Gasteiger partial charge in [0.05, 0.1) is 11.2 Å². The Morgan fingerprint density at radius 2 is 2.04 bits per heavy atom. The van der Waals surface area contributed by atoms with Gasteiger partial charge in [0.15, 0.2) is 5.78 Å². The van der Waals surface area contributed by atoms with E-state index >= 15 is 0 Å². The van der Waals surface area contributed by atoms with E-state index in [9.17, 15) is 9.59 Å². The van der Waals surface area contributed by atoms with Crippen LogP contribution in [0.5, 0.6) is 0 Å². The molecule has 1 aromatic rings. The van der Waals surface area contributed by atoms with Gasteiger partial charge in [0.1, 0.15) is 5.78 Å². The van der Waals surface area contributed by atoms with Crippen molar-refractivity contribution < 1.29 is 9.59 Å². The van der Waals surface area contributed by atoms with E-state index in [1.807, 2.05) is 0 Å². The monoisotopic (exact) mass is 361 g/mol. The van der Waals surface area contributed by atoms with Crippen LogP contribution < -0.4 is 0 Å². The van der Waals surface area contributed by atoms with E-state index in [0.717, 1.165) is 37.3 Å². The van der Waals surface area contributed by atoms with Gasteiger partial charge in [0, 0.05) is 30.8 Å². The molecule has 3 aliphatic rings. The first-order valence-electron chi connectivity index (χ1n) is 8.83. The van der Waals surface area contributed by atoms with Gasteiger partial charge in [-0.2, -0.15) is 12.6 Å². The Hall–Kier alpha value is -0.780. The van der Waals surface area contributed by atoms with Gasteiger partial charge < -0.3 is 0 Å². The lowest BCUT2D eigenvalue weighted by Crippen LogP contribution is -2.59. The van der Waals surface area contributed by atoms with Crippen molar-refractivity contribution in [2.75, 3.05) is 18.1 Å². The number of nitrogens with zero attached hydrogens (tertiary/aromatic N) is 1. The first-order chi connectivity index (χ1) is 11.7. The second-order valence-corrected chi connectivity index (χ2v) is 8.74. The quantitative estimate of drug-likeness (QED) is 0.663. The number of hydrogen-bond acceptors (Lipinski definition) is 5. The highest BCUT2D eigenvalue weighted by Gasteiger charge is 2.51. The number of thiol groups is 1. The van der Waals surface area contributed by atoms with Crippen LogP contribution in [0.2, 0.25) is 0 Å². The average Bonchev–Trinajstić information content (AvgIpc) is 2.61. The number of benzene rings is 1. The van der Waals surface area contributed by atoms with Crippen molar-refractivity contribution in [3.8, 4) is 0 Å². The number of thioether (sulfide) groups is 1. The molecule has 2 aliphatic heterocycles. The number of Topliss-reactive ketones (excluding diaryl/α,β-unsaturated/α-hetero) is 2. The fourth-order valence-electron chi connectivity index (χ4n) is 4.72. The van der Waals surface area contributed by atoms with Crippen molar-refractivity contribution in [3.63, 3.8) is 0 Å². The van der Waals surface area contributed by atoms with E-state index in [0.29, 0.717) is 6.42 Å². The third-order valence-corrected chi connectivity index (χ3v) is 7.60. The van der Waals surface area contributed by atoms with E-state index in [4.69, 9.17) is 0 Å². The molecule has 24 heavy (non-hydrogen) atoms. The molecule has 4 rings (SSSR count). The van der Waals surface area contributed by atoms with Crippen molar-refractivity contribution in [2.45, 2.75) is 43.0 Å². The highest BCUT2D eigenvalue weighted by molar-refractivity contribution is 8.01. The molecule has 2 fully saturated rings. The molecule has 128 valence electrons. The molecular weight excluding hydrogens is 338 g/mol. The van der Waals surface area contributed by atoms with Crippen LogP contribution >= 0.6 is 24.4 Å². The number of rotatable bonds is 3. The van der Waals surface area contributed by atoms with Crippen LogP contribution in [0.3, 0.4) is 0 Å². The van der Waals surface area contributed by atoms with Crippen molar-refractivity contribution in [1.82, 2.24) is 4.90 Å². The van der Waals surface area contributed by atoms with Crippen LogP contribution in [0.15, 0.2) is 24.3 Å². The second-order valence-electron chi connectivity index (χ2n) is 6.98. The Kier molecular flexibility index (Phi) is 4.76. The van der Waals surface area contributed by atoms with E-state index in [2.05, 4.69) is 41.8 Å². The molecule has 5 heteroatoms. The molecule has 1 aliphatic carbocycles. The summed E-state index contributed by atoms with van der Waals surface area (Å²) in [6, 6.07) is 8.78. The molecular formula is C19H23NO2S2. The third-order valence-electron chi connectivity index (χ3n) is 5.76. The number of carbonyl (C=O) groups is 2. The van der Waals surface area contributed by atoms with Gasteiger partial charge in [-0.15, -0.1) is 11.8 Å². The zero-order chi connectivity index (χ0) is 16.7. The van der Waals surface area contributed by atoms with Crippen LogP contribution in [0, 0.1) is 5.92 Å². The maximum Gasteiger partial charge on any atom is 0.157 e. The number of carbonyl (C=O) groups excluding carboxylic acids is 2. The fourth-order valence-corrected chi connectivity index (χ4v) is 6.04. The smallest absolute Gasteiger partial charge is 0.157 e. The summed E-state index contributed by atoms with van der Waals surface area (Å²) in [5.74, 6) is 1.61. The Bertz CT molecular complexity index is 663. The molecule has 4 atom stereocenters. The van der Waals surface area contributed by atoms with Crippen LogP contribution in [-0.4, -0.2) is 45.8 Å². The van der Waals surface area contributed by atoms with Gasteiger partial charge >= 0.3 is 0 Å². The molecule has 0 amide bonds. The summed E-state index contributed by atoms with van der Waals surface area (Å²) in [6.07, 6.45) is 3.38. The lowest BCUT2D eigenvalue weighted by Gasteiger charge is -2.50. The van der Waals surface area contributed by atoms with Crippen LogP contribution in [-0.2, 0) is 16.0 Å². The van der Waals surface area contributed by atoms with E-state index in [-0.39, 0.29) is 28.9 Å². The minimum absolute atomic E-state index is 0.00373. The minimum atomic E-state index is -0.391. The average molecular weight is 362 g/mol. The molecule has 1 saturated heterocycles. The van der Waals surface area contributed by atoms with Gasteiger partial charge in [-0.1, -0.05) is 24.3 Å². The van der Waals surface area contributed by atoms with Crippen molar-refractivity contribution >= 4 is 36.0 Å². The first kappa shape index (κ1) is 16.7. The molecule has 0 spiro atoms.